The molecule has 1 rings (SSSR count). The van der Waals surface area contributed by atoms with Crippen molar-refractivity contribution in [2.75, 3.05) is 12.3 Å². The van der Waals surface area contributed by atoms with E-state index in [1.165, 1.54) is 0 Å². The van der Waals surface area contributed by atoms with Crippen molar-refractivity contribution < 1.29 is 9.53 Å². The number of anilines is 1. The fraction of sp³-hybridized carbons (Fsp3) is 0.400. The summed E-state index contributed by atoms with van der Waals surface area (Å²) in [5.41, 5.74) is 8.00. The number of nitrogens with two attached hydrogens (primary N) is 1. The van der Waals surface area contributed by atoms with Crippen molar-refractivity contribution in [2.45, 2.75) is 20.3 Å². The lowest BCUT2D eigenvalue weighted by Gasteiger charge is -2.06. The molecule has 0 aromatic carbocycles. The molecule has 0 fully saturated rings. The molecule has 14 heavy (non-hydrogen) atoms. The van der Waals surface area contributed by atoms with Crippen LogP contribution in [0, 0.1) is 6.92 Å². The number of carbonyl (C=O) groups is 1. The van der Waals surface area contributed by atoms with Gasteiger partial charge in [-0.15, -0.1) is 0 Å². The molecule has 1 aromatic heterocycles. The van der Waals surface area contributed by atoms with Crippen molar-refractivity contribution in [1.29, 1.82) is 0 Å². The smallest absolute Gasteiger partial charge is 0.310 e. The van der Waals surface area contributed by atoms with E-state index in [-0.39, 0.29) is 12.4 Å². The third kappa shape index (κ3) is 2.45. The van der Waals surface area contributed by atoms with E-state index < -0.39 is 0 Å². The minimum atomic E-state index is -0.272. The summed E-state index contributed by atoms with van der Waals surface area (Å²) in [6, 6.07) is 0. The van der Waals surface area contributed by atoms with Gasteiger partial charge in [0.2, 0.25) is 0 Å². The maximum atomic E-state index is 11.2. The Morgan fingerprint density at radius 3 is 2.93 bits per heavy atom. The molecule has 1 heterocycles. The summed E-state index contributed by atoms with van der Waals surface area (Å²) in [7, 11) is 0. The number of hydrogen-bond acceptors (Lipinski definition) is 4. The number of nitrogens with zero attached hydrogens (tertiary/aromatic N) is 1. The van der Waals surface area contributed by atoms with E-state index in [4.69, 9.17) is 10.5 Å². The van der Waals surface area contributed by atoms with Gasteiger partial charge in [0, 0.05) is 23.6 Å². The molecule has 0 aliphatic carbocycles. The molecule has 0 aliphatic heterocycles. The van der Waals surface area contributed by atoms with Crippen LogP contribution >= 0.6 is 0 Å². The number of esters is 1. The highest BCUT2D eigenvalue weighted by atomic mass is 16.5. The Morgan fingerprint density at radius 1 is 1.57 bits per heavy atom. The predicted octanol–water partition coefficient (Wildman–Crippen LogP) is 1.08. The molecule has 2 N–H and O–H groups in total. The van der Waals surface area contributed by atoms with Gasteiger partial charge in [0.15, 0.2) is 0 Å². The summed E-state index contributed by atoms with van der Waals surface area (Å²) in [4.78, 5) is 15.1. The zero-order chi connectivity index (χ0) is 10.6. The molecule has 0 saturated heterocycles. The number of hydrogen-bond donors (Lipinski definition) is 1. The summed E-state index contributed by atoms with van der Waals surface area (Å²) in [5.74, 6) is -0.272. The van der Waals surface area contributed by atoms with Crippen molar-refractivity contribution in [3.05, 3.63) is 23.5 Å². The zero-order valence-corrected chi connectivity index (χ0v) is 8.41. The van der Waals surface area contributed by atoms with Gasteiger partial charge in [-0.25, -0.2) is 0 Å². The van der Waals surface area contributed by atoms with Gasteiger partial charge in [-0.3, -0.25) is 9.78 Å². The first-order valence-electron chi connectivity index (χ1n) is 4.49. The number of rotatable bonds is 3. The molecule has 0 bridgehead atoms. The lowest BCUT2D eigenvalue weighted by atomic mass is 10.1. The number of nitrogen functional groups attached to an aromatic ring is 1. The SMILES string of the molecule is CCOC(=O)Cc1cncc(C)c1N. The highest BCUT2D eigenvalue weighted by Crippen LogP contribution is 2.15. The van der Waals surface area contributed by atoms with Crippen molar-refractivity contribution in [1.82, 2.24) is 4.98 Å². The highest BCUT2D eigenvalue weighted by molar-refractivity contribution is 5.75. The molecule has 0 saturated carbocycles. The Kier molecular flexibility index (Phi) is 3.45. The van der Waals surface area contributed by atoms with Crippen LogP contribution in [-0.2, 0) is 16.0 Å². The fourth-order valence-corrected chi connectivity index (χ4v) is 1.14. The predicted molar refractivity (Wildman–Crippen MR) is 53.7 cm³/mol. The van der Waals surface area contributed by atoms with Crippen molar-refractivity contribution in [3.8, 4) is 0 Å². The molecule has 4 nitrogen and oxygen atoms in total. The van der Waals surface area contributed by atoms with Crippen LogP contribution < -0.4 is 5.73 Å². The second kappa shape index (κ2) is 4.60. The van der Waals surface area contributed by atoms with Crippen LogP contribution in [0.2, 0.25) is 0 Å². The summed E-state index contributed by atoms with van der Waals surface area (Å²) >= 11 is 0. The average molecular weight is 194 g/mol. The molecule has 4 heteroatoms. The molecule has 0 unspecified atom stereocenters. The van der Waals surface area contributed by atoms with E-state index in [9.17, 15) is 4.79 Å². The first kappa shape index (κ1) is 10.5. The molecule has 0 amide bonds. The molecular weight excluding hydrogens is 180 g/mol. The Balaban J connectivity index is 2.76. The van der Waals surface area contributed by atoms with Gasteiger partial charge in [0.1, 0.15) is 0 Å². The van der Waals surface area contributed by atoms with E-state index >= 15 is 0 Å². The second-order valence-corrected chi connectivity index (χ2v) is 3.01. The normalized spacial score (nSPS) is 9.86. The van der Waals surface area contributed by atoms with E-state index in [1.54, 1.807) is 19.3 Å². The fourth-order valence-electron chi connectivity index (χ4n) is 1.14. The van der Waals surface area contributed by atoms with E-state index in [0.717, 1.165) is 11.1 Å². The van der Waals surface area contributed by atoms with Gasteiger partial charge in [-0.2, -0.15) is 0 Å². The topological polar surface area (TPSA) is 65.2 Å². The number of aromatic nitrogens is 1. The minimum Gasteiger partial charge on any atom is -0.466 e. The number of carbonyl (C=O) groups excluding carboxylic acids is 1. The summed E-state index contributed by atoms with van der Waals surface area (Å²) in [6.07, 6.45) is 3.46. The van der Waals surface area contributed by atoms with Crippen LogP contribution in [0.3, 0.4) is 0 Å². The molecule has 0 spiro atoms. The molecule has 0 radical (unpaired) electrons. The molecule has 0 aliphatic rings. The van der Waals surface area contributed by atoms with Crippen LogP contribution in [-0.4, -0.2) is 17.6 Å². The third-order valence-corrected chi connectivity index (χ3v) is 1.91. The zero-order valence-electron chi connectivity index (χ0n) is 8.41. The Bertz CT molecular complexity index is 337. The average Bonchev–Trinajstić information content (AvgIpc) is 2.13. The van der Waals surface area contributed by atoms with Crippen LogP contribution in [0.25, 0.3) is 0 Å². The molecule has 1 aromatic rings. The number of pyridine rings is 1. The monoisotopic (exact) mass is 194 g/mol. The molecular formula is C10H14N2O2. The Hall–Kier alpha value is -1.58. The van der Waals surface area contributed by atoms with Gasteiger partial charge >= 0.3 is 5.97 Å². The van der Waals surface area contributed by atoms with Crippen LogP contribution in [0.15, 0.2) is 12.4 Å². The third-order valence-electron chi connectivity index (χ3n) is 1.91. The lowest BCUT2D eigenvalue weighted by molar-refractivity contribution is -0.142. The quantitative estimate of drug-likeness (QED) is 0.731. The van der Waals surface area contributed by atoms with Crippen LogP contribution in [0.1, 0.15) is 18.1 Å². The second-order valence-electron chi connectivity index (χ2n) is 3.01. The van der Waals surface area contributed by atoms with Gasteiger partial charge in [0.25, 0.3) is 0 Å². The summed E-state index contributed by atoms with van der Waals surface area (Å²) in [5, 5.41) is 0. The van der Waals surface area contributed by atoms with Gasteiger partial charge in [0.05, 0.1) is 13.0 Å². The molecule has 76 valence electrons. The van der Waals surface area contributed by atoms with Crippen molar-refractivity contribution in [2.24, 2.45) is 0 Å². The van der Waals surface area contributed by atoms with Crippen LogP contribution in [0.5, 0.6) is 0 Å². The summed E-state index contributed by atoms with van der Waals surface area (Å²) in [6.45, 7) is 4.02. The van der Waals surface area contributed by atoms with Crippen LogP contribution in [0.4, 0.5) is 5.69 Å². The first-order chi connectivity index (χ1) is 6.65. The first-order valence-corrected chi connectivity index (χ1v) is 4.49. The minimum absolute atomic E-state index is 0.189. The van der Waals surface area contributed by atoms with E-state index in [0.29, 0.717) is 12.3 Å². The Morgan fingerprint density at radius 2 is 2.29 bits per heavy atom. The standard InChI is InChI=1S/C10H14N2O2/c1-3-14-9(13)4-8-6-12-5-7(2)10(8)11/h5-6H,3-4H2,1-2H3,(H2,11,12). The Labute approximate surface area is 83.1 Å². The summed E-state index contributed by atoms with van der Waals surface area (Å²) < 4.78 is 4.82. The maximum Gasteiger partial charge on any atom is 0.310 e. The number of aryl methyl sites for hydroxylation is 1. The van der Waals surface area contributed by atoms with Gasteiger partial charge in [-0.1, -0.05) is 0 Å². The van der Waals surface area contributed by atoms with Gasteiger partial charge < -0.3 is 10.5 Å². The lowest BCUT2D eigenvalue weighted by Crippen LogP contribution is -2.10. The van der Waals surface area contributed by atoms with E-state index in [2.05, 4.69) is 4.98 Å². The van der Waals surface area contributed by atoms with Crippen molar-refractivity contribution in [3.63, 3.8) is 0 Å². The van der Waals surface area contributed by atoms with Crippen molar-refractivity contribution >= 4 is 11.7 Å². The number of ether oxygens (including phenoxy) is 1. The van der Waals surface area contributed by atoms with Gasteiger partial charge in [-0.05, 0) is 19.4 Å². The van der Waals surface area contributed by atoms with E-state index in [1.807, 2.05) is 6.92 Å². The molecule has 0 atom stereocenters. The maximum absolute atomic E-state index is 11.2. The largest absolute Gasteiger partial charge is 0.466 e. The highest BCUT2D eigenvalue weighted by Gasteiger charge is 2.08.